The van der Waals surface area contributed by atoms with Crippen molar-refractivity contribution >= 4 is 6.09 Å². The monoisotopic (exact) mass is 191 g/mol. The van der Waals surface area contributed by atoms with Crippen LogP contribution in [0.15, 0.2) is 0 Å². The molecule has 1 amide bonds. The Morgan fingerprint density at radius 2 is 1.69 bits per heavy atom. The quantitative estimate of drug-likeness (QED) is 0.503. The highest BCUT2D eigenvalue weighted by atomic mass is 16.4. The Hall–Kier alpha value is -0.650. The summed E-state index contributed by atoms with van der Waals surface area (Å²) in [6.45, 7) is 1.99. The first-order valence-corrected chi connectivity index (χ1v) is 4.42. The van der Waals surface area contributed by atoms with Crippen LogP contribution in [0.4, 0.5) is 4.79 Å². The van der Waals surface area contributed by atoms with E-state index in [4.69, 9.17) is 10.2 Å². The summed E-state index contributed by atoms with van der Waals surface area (Å²) in [6.07, 6.45) is -0.557. The highest BCUT2D eigenvalue weighted by Crippen LogP contribution is 2.06. The maximum atomic E-state index is 10.8. The van der Waals surface area contributed by atoms with Gasteiger partial charge < -0.3 is 20.1 Å². The molecule has 0 aliphatic rings. The molecule has 78 valence electrons. The molecule has 0 aromatic rings. The van der Waals surface area contributed by atoms with Crippen LogP contribution in [0.1, 0.15) is 13.3 Å². The summed E-state index contributed by atoms with van der Waals surface area (Å²) in [7, 11) is 0. The van der Waals surface area contributed by atoms with Crippen molar-refractivity contribution in [3.63, 3.8) is 0 Å². The number of carboxylic acid groups (broad SMARTS) is 1. The molecule has 0 aliphatic heterocycles. The van der Waals surface area contributed by atoms with Gasteiger partial charge in [0.2, 0.25) is 0 Å². The van der Waals surface area contributed by atoms with E-state index in [1.54, 1.807) is 0 Å². The van der Waals surface area contributed by atoms with Crippen molar-refractivity contribution in [2.75, 3.05) is 32.8 Å². The minimum atomic E-state index is -1.23. The summed E-state index contributed by atoms with van der Waals surface area (Å²) >= 11 is 0. The number of aliphatic hydroxyl groups is 2. The lowest BCUT2D eigenvalue weighted by Crippen LogP contribution is -2.61. The molecule has 0 bridgehead atoms. The molecule has 0 heterocycles. The molecule has 0 unspecified atom stereocenters. The van der Waals surface area contributed by atoms with Crippen LogP contribution in [0.5, 0.6) is 0 Å². The van der Waals surface area contributed by atoms with E-state index in [2.05, 4.69) is 0 Å². The predicted octanol–water partition coefficient (Wildman–Crippen LogP) is -1.46. The van der Waals surface area contributed by atoms with Crippen molar-refractivity contribution in [2.24, 2.45) is 0 Å². The lowest BCUT2D eigenvalue weighted by molar-refractivity contribution is -0.877. The molecule has 0 aliphatic carbocycles. The third-order valence-corrected chi connectivity index (χ3v) is 2.09. The molecule has 0 rings (SSSR count). The Kier molecular flexibility index (Phi) is 5.61. The SMILES string of the molecule is CCC[N+](CCO)(CCO)C(=O)[O-]. The van der Waals surface area contributed by atoms with Crippen LogP contribution in [0.3, 0.4) is 0 Å². The van der Waals surface area contributed by atoms with E-state index in [1.165, 1.54) is 0 Å². The molecule has 5 heteroatoms. The van der Waals surface area contributed by atoms with Crippen molar-refractivity contribution < 1.29 is 24.6 Å². The molecule has 0 spiro atoms. The first kappa shape index (κ1) is 12.3. The second-order valence-electron chi connectivity index (χ2n) is 3.03. The van der Waals surface area contributed by atoms with Gasteiger partial charge in [-0.25, -0.2) is 0 Å². The zero-order valence-electron chi connectivity index (χ0n) is 7.90. The highest BCUT2D eigenvalue weighted by Gasteiger charge is 2.27. The van der Waals surface area contributed by atoms with Crippen molar-refractivity contribution in [1.29, 1.82) is 0 Å². The first-order valence-electron chi connectivity index (χ1n) is 4.42. The molecule has 0 saturated heterocycles. The molecule has 0 radical (unpaired) electrons. The van der Waals surface area contributed by atoms with Crippen LogP contribution in [-0.2, 0) is 0 Å². The number of rotatable bonds is 6. The second-order valence-corrected chi connectivity index (χ2v) is 3.03. The first-order chi connectivity index (χ1) is 6.13. The van der Waals surface area contributed by atoms with Gasteiger partial charge in [-0.15, -0.1) is 0 Å². The van der Waals surface area contributed by atoms with E-state index in [0.717, 1.165) is 0 Å². The molecule has 0 saturated carbocycles. The molecular formula is C8H17NO4. The fourth-order valence-corrected chi connectivity index (χ4v) is 1.42. The second kappa shape index (κ2) is 5.90. The Morgan fingerprint density at radius 1 is 1.23 bits per heavy atom. The largest absolute Gasteiger partial charge is 0.498 e. The summed E-state index contributed by atoms with van der Waals surface area (Å²) in [5, 5.41) is 28.3. The van der Waals surface area contributed by atoms with Crippen LogP contribution in [0, 0.1) is 0 Å². The maximum Gasteiger partial charge on any atom is 0.257 e. The fraction of sp³-hybridized carbons (Fsp3) is 0.875. The minimum Gasteiger partial charge on any atom is -0.498 e. The molecule has 2 N–H and O–H groups in total. The van der Waals surface area contributed by atoms with Crippen LogP contribution in [0.25, 0.3) is 0 Å². The van der Waals surface area contributed by atoms with Gasteiger partial charge in [0.1, 0.15) is 13.1 Å². The Morgan fingerprint density at radius 3 is 1.92 bits per heavy atom. The van der Waals surface area contributed by atoms with E-state index in [1.807, 2.05) is 6.92 Å². The van der Waals surface area contributed by atoms with Crippen LogP contribution >= 0.6 is 0 Å². The smallest absolute Gasteiger partial charge is 0.257 e. The number of nitrogens with zero attached hydrogens (tertiary/aromatic N) is 1. The lowest BCUT2D eigenvalue weighted by Gasteiger charge is -2.36. The molecule has 0 aromatic heterocycles. The summed E-state index contributed by atoms with van der Waals surface area (Å²) in [5.74, 6) is 0. The standard InChI is InChI=1S/C8H17NO4/c1-2-3-9(4-6-10,5-7-11)8(12)13/h10-11H,2-7H2,1H3. The van der Waals surface area contributed by atoms with Gasteiger partial charge in [-0.05, 0) is 6.42 Å². The van der Waals surface area contributed by atoms with Crippen molar-refractivity contribution in [1.82, 2.24) is 0 Å². The van der Waals surface area contributed by atoms with E-state index < -0.39 is 6.09 Å². The Bertz CT molecular complexity index is 143. The summed E-state index contributed by atoms with van der Waals surface area (Å²) < 4.78 is -0.358. The van der Waals surface area contributed by atoms with Gasteiger partial charge in [-0.2, -0.15) is 0 Å². The van der Waals surface area contributed by atoms with E-state index in [-0.39, 0.29) is 30.8 Å². The minimum absolute atomic E-state index is 0.0940. The van der Waals surface area contributed by atoms with Gasteiger partial charge in [-0.3, -0.25) is 4.48 Å². The summed E-state index contributed by atoms with van der Waals surface area (Å²) in [4.78, 5) is 10.8. The predicted molar refractivity (Wildman–Crippen MR) is 44.7 cm³/mol. The summed E-state index contributed by atoms with van der Waals surface area (Å²) in [5.41, 5.74) is 0. The molecule has 0 fully saturated rings. The van der Waals surface area contributed by atoms with Crippen LogP contribution < -0.4 is 5.11 Å². The van der Waals surface area contributed by atoms with Gasteiger partial charge in [-0.1, -0.05) is 6.92 Å². The number of hydrogen-bond acceptors (Lipinski definition) is 4. The molecular weight excluding hydrogens is 174 g/mol. The van der Waals surface area contributed by atoms with Gasteiger partial charge in [0, 0.05) is 0 Å². The number of carbonyl (C=O) groups excluding carboxylic acids is 1. The number of amides is 1. The number of hydrogen-bond donors (Lipinski definition) is 2. The third-order valence-electron chi connectivity index (χ3n) is 2.09. The summed E-state index contributed by atoms with van der Waals surface area (Å²) in [6, 6.07) is 0. The third kappa shape index (κ3) is 3.30. The molecule has 0 atom stereocenters. The van der Waals surface area contributed by atoms with Gasteiger partial charge in [0.15, 0.2) is 0 Å². The van der Waals surface area contributed by atoms with Gasteiger partial charge >= 0.3 is 0 Å². The maximum absolute atomic E-state index is 10.8. The van der Waals surface area contributed by atoms with Crippen molar-refractivity contribution in [3.05, 3.63) is 0 Å². The van der Waals surface area contributed by atoms with Gasteiger partial charge in [0.25, 0.3) is 6.09 Å². The number of quaternary nitrogens is 1. The molecule has 5 nitrogen and oxygen atoms in total. The highest BCUT2D eigenvalue weighted by molar-refractivity contribution is 5.53. The topological polar surface area (TPSA) is 80.6 Å². The number of aliphatic hydroxyl groups excluding tert-OH is 2. The average molecular weight is 191 g/mol. The van der Waals surface area contributed by atoms with E-state index >= 15 is 0 Å². The molecule has 13 heavy (non-hydrogen) atoms. The zero-order valence-corrected chi connectivity index (χ0v) is 7.90. The number of carbonyl (C=O) groups is 1. The molecule has 0 aromatic carbocycles. The van der Waals surface area contributed by atoms with Crippen LogP contribution in [-0.4, -0.2) is 53.6 Å². The lowest BCUT2D eigenvalue weighted by atomic mass is 10.3. The zero-order chi connectivity index (χ0) is 10.3. The Balaban J connectivity index is 4.48. The van der Waals surface area contributed by atoms with E-state index in [9.17, 15) is 9.90 Å². The van der Waals surface area contributed by atoms with Crippen molar-refractivity contribution in [3.8, 4) is 0 Å². The van der Waals surface area contributed by atoms with Crippen LogP contribution in [0.2, 0.25) is 0 Å². The Labute approximate surface area is 77.8 Å². The van der Waals surface area contributed by atoms with Gasteiger partial charge in [0.05, 0.1) is 19.8 Å². The van der Waals surface area contributed by atoms with Crippen molar-refractivity contribution in [2.45, 2.75) is 13.3 Å². The normalized spacial score (nSPS) is 11.6. The van der Waals surface area contributed by atoms with E-state index in [0.29, 0.717) is 13.0 Å². The average Bonchev–Trinajstić information content (AvgIpc) is 2.05. The fourth-order valence-electron chi connectivity index (χ4n) is 1.42.